The van der Waals surface area contributed by atoms with Crippen LogP contribution in [0.1, 0.15) is 78.7 Å². The molecule has 0 atom stereocenters. The lowest BCUT2D eigenvalue weighted by molar-refractivity contribution is -0.680. The van der Waals surface area contributed by atoms with Crippen molar-refractivity contribution < 1.29 is 128 Å². The third-order valence-corrected chi connectivity index (χ3v) is 24.0. The van der Waals surface area contributed by atoms with Gasteiger partial charge in [-0.15, -0.1) is 0 Å². The van der Waals surface area contributed by atoms with E-state index >= 15 is 0 Å². The first kappa shape index (κ1) is 87.8. The Bertz CT molecular complexity index is 6350. The number of unbranched alkanes of at least 4 members (excludes halogenated alkanes) is 1. The fourth-order valence-corrected chi connectivity index (χ4v) is 16.7. The van der Waals surface area contributed by atoms with Gasteiger partial charge >= 0.3 is 25.9 Å². The van der Waals surface area contributed by atoms with E-state index in [2.05, 4.69) is 13.0 Å². The van der Waals surface area contributed by atoms with Crippen LogP contribution in [0.2, 0.25) is 10.0 Å². The van der Waals surface area contributed by atoms with Gasteiger partial charge in [-0.2, -0.15) is 50.5 Å². The molecule has 11 aromatic rings. The fraction of sp³-hybridized carbons (Fsp3) is 0.0789. The fourth-order valence-electron chi connectivity index (χ4n) is 11.2. The first-order chi connectivity index (χ1) is 54.8. The molecule has 601 valence electrons. The lowest BCUT2D eigenvalue weighted by Crippen LogP contribution is -2.24. The number of halogens is 2. The highest BCUT2D eigenvalue weighted by atomic mass is 35.5. The zero-order chi connectivity index (χ0) is 84.1. The summed E-state index contributed by atoms with van der Waals surface area (Å²) in [6.45, 7) is 4.77. The Morgan fingerprint density at radius 1 is 0.457 bits per heavy atom. The van der Waals surface area contributed by atoms with Crippen molar-refractivity contribution >= 4 is 176 Å². The Morgan fingerprint density at radius 2 is 0.974 bits per heavy atom. The minimum Gasteiger partial charge on any atom is -0.638 e. The zero-order valence-corrected chi connectivity index (χ0v) is 69.2. The van der Waals surface area contributed by atoms with Crippen LogP contribution in [0.5, 0.6) is 23.0 Å². The van der Waals surface area contributed by atoms with Gasteiger partial charge in [0.15, 0.2) is 15.8 Å². The molecule has 3 radical (unpaired) electrons. The number of hydrogen-bond donors (Lipinski definition) is 8. The van der Waals surface area contributed by atoms with Crippen LogP contribution < -0.4 is 9.16 Å². The second kappa shape index (κ2) is 37.5. The van der Waals surface area contributed by atoms with Gasteiger partial charge in [0.1, 0.15) is 37.5 Å². The highest BCUT2D eigenvalue weighted by molar-refractivity contribution is 7.87. The number of ketones is 3. The van der Waals surface area contributed by atoms with Gasteiger partial charge < -0.3 is 41.0 Å². The molecule has 8 N–H and O–H groups in total. The average molecular weight is 1780 g/mol. The number of ether oxygens (including phenoxy) is 1. The summed E-state index contributed by atoms with van der Waals surface area (Å²) in [6.07, 6.45) is 6.91. The van der Waals surface area contributed by atoms with Crippen molar-refractivity contribution in [2.75, 3.05) is 6.61 Å². The third-order valence-electron chi connectivity index (χ3n) is 16.4. The molecular formula is C76H62Cl2NO28S6Si3. The summed E-state index contributed by atoms with van der Waals surface area (Å²) in [7, 11) is -27.2. The molecule has 3 aliphatic heterocycles. The summed E-state index contributed by atoms with van der Waals surface area (Å²) in [4.78, 5) is 9.89. The van der Waals surface area contributed by atoms with E-state index in [4.69, 9.17) is 81.3 Å². The standard InChI is InChI=1S/C20H17O3Si.C15H9Cl2O2Si.C15H14NO3Si.C10H8O8S2.C10H8O6S2.C6H6O6S2/c1-2-3-7-13-10-16-19-17(11-13)22-24-23-18(19)12-15(20(16)21)14-8-5-4-6-9-14;16-12-5-1-10(2-6-12)14-9-15(19-20-18-14)11-3-7-13(17)8-4-11;1-2-17-14-10-6-7-12(11-14)15-16(19-20-18-15)13-8-4-3-5-9-13;11-7-1-2-9(20(16,17)18)6-3-5(19(13,14)15)4-8(12)10(6)7;11-17(12,13)9-5-1-3-7-8(9)4-2-6-10(7)18(14,15)16;7-13(8,9)5-1-2-6(4-3-5)14(10,11)12/h4-6,8-12H,2-3,7H2,1H3;1-9H;3-11H,2H2,1H3;1-4,11-12H,(H,13,14,15)(H,16,17,18);1-6H,(H,11,12,13)(H,14,15,16);1-4H,(H,7,8,9)(H,10,11,12). The van der Waals surface area contributed by atoms with Crippen LogP contribution in [0.4, 0.5) is 5.69 Å². The molecule has 0 amide bonds. The van der Waals surface area contributed by atoms with E-state index in [1.807, 2.05) is 159 Å². The van der Waals surface area contributed by atoms with Crippen molar-refractivity contribution in [1.82, 2.24) is 0 Å². The number of hydrogen-bond acceptors (Lipinski definition) is 20. The second-order valence-corrected chi connectivity index (χ2v) is 35.3. The molecule has 0 unspecified atom stereocenters. The van der Waals surface area contributed by atoms with Gasteiger partial charge in [-0.1, -0.05) is 115 Å². The zero-order valence-electron chi connectivity index (χ0n) is 59.8. The molecule has 0 spiro atoms. The number of nitrogens with zero attached hydrogens (tertiary/aromatic N) is 1. The molecule has 3 heterocycles. The van der Waals surface area contributed by atoms with Crippen molar-refractivity contribution in [3.63, 3.8) is 0 Å². The number of para-hydroxylation sites is 1. The van der Waals surface area contributed by atoms with Crippen LogP contribution in [-0.2, 0) is 80.5 Å². The topological polar surface area (TPSA) is 456 Å². The average Bonchev–Trinajstić information content (AvgIpc) is 0.779. The van der Waals surface area contributed by atoms with E-state index in [1.165, 1.54) is 24.3 Å². The molecule has 0 bridgehead atoms. The first-order valence-corrected chi connectivity index (χ1v) is 45.3. The van der Waals surface area contributed by atoms with Crippen LogP contribution in [0.25, 0.3) is 32.9 Å². The molecule has 0 saturated heterocycles. The third kappa shape index (κ3) is 22.5. The number of carbonyl (C=O) groups excluding carboxylic acids is 3. The quantitative estimate of drug-likeness (QED) is 0.0193. The molecule has 1 aliphatic carbocycles. The van der Waals surface area contributed by atoms with Crippen molar-refractivity contribution in [2.45, 2.75) is 62.5 Å². The number of allylic oxidation sites excluding steroid dienone is 3. The molecule has 0 aromatic heterocycles. The van der Waals surface area contributed by atoms with E-state index in [0.717, 1.165) is 136 Å². The lowest BCUT2D eigenvalue weighted by Gasteiger charge is -2.23. The van der Waals surface area contributed by atoms with Gasteiger partial charge in [0, 0.05) is 71.9 Å². The van der Waals surface area contributed by atoms with Gasteiger partial charge in [0.05, 0.1) is 55.4 Å². The minimum absolute atomic E-state index is 0.0233. The molecule has 11 aromatic carbocycles. The van der Waals surface area contributed by atoms with Crippen LogP contribution in [-0.4, -0.2) is 153 Å². The van der Waals surface area contributed by atoms with E-state index in [-0.39, 0.29) is 52.0 Å². The van der Waals surface area contributed by atoms with Gasteiger partial charge in [-0.05, 0) is 164 Å². The van der Waals surface area contributed by atoms with Crippen LogP contribution in [0.3, 0.4) is 0 Å². The van der Waals surface area contributed by atoms with E-state index in [9.17, 15) is 65.5 Å². The molecule has 40 heteroatoms. The summed E-state index contributed by atoms with van der Waals surface area (Å²) in [6, 6.07) is 60.6. The SMILES string of the molecule is CCCCc1cc2c3c(c1)C(=O)C(c1ccccc1)=CC3=[O+][Si-]O2.CCOc1cccc(C2=[N+](c3ccccc3)O[Si-]O2)c1.Clc1ccc(C2=CC(c3ccc(Cl)cc3)=[O+][Si-]O2)cc1.O=S(=O)(O)c1cc(O)c2c(O)ccc(S(=O)(=O)O)c2c1.O=S(=O)(O)c1ccc(S(=O)(=O)O)cc1.O=S(=O)(O)c1cccc2c(S(=O)(=O)O)cccc12. The normalized spacial score (nSPS) is 13.6. The molecule has 15 rings (SSSR count). The lowest BCUT2D eigenvalue weighted by atomic mass is 9.84. The molecule has 0 fully saturated rings. The monoisotopic (exact) mass is 1780 g/mol. The smallest absolute Gasteiger partial charge is 0.424 e. The van der Waals surface area contributed by atoms with Gasteiger partial charge in [-0.3, -0.25) is 32.1 Å². The Morgan fingerprint density at radius 3 is 1.52 bits per heavy atom. The molecule has 4 aliphatic rings. The van der Waals surface area contributed by atoms with Crippen LogP contribution in [0, 0.1) is 0 Å². The van der Waals surface area contributed by atoms with Crippen molar-refractivity contribution in [3.05, 3.63) is 292 Å². The Kier molecular flexibility index (Phi) is 28.4. The summed E-state index contributed by atoms with van der Waals surface area (Å²) in [5.74, 6) is 3.33. The summed E-state index contributed by atoms with van der Waals surface area (Å²) < 4.78 is 225. The first-order valence-electron chi connectivity index (χ1n) is 33.5. The second-order valence-electron chi connectivity index (χ2n) is 24.2. The summed E-state index contributed by atoms with van der Waals surface area (Å²) in [5, 5.41) is 19.9. The molecular weight excluding hydrogens is 1720 g/mol. The predicted molar refractivity (Wildman–Crippen MR) is 429 cm³/mol. The predicted octanol–water partition coefficient (Wildman–Crippen LogP) is 13.2. The Labute approximate surface area is 682 Å². The van der Waals surface area contributed by atoms with E-state index in [0.29, 0.717) is 45.8 Å². The number of rotatable bonds is 16. The number of benzene rings is 11. The van der Waals surface area contributed by atoms with Crippen molar-refractivity contribution in [3.8, 4) is 23.0 Å². The number of aromatic hydroxyl groups is 2. The van der Waals surface area contributed by atoms with E-state index < -0.39 is 107 Å². The number of phenolic OH excluding ortho intramolecular Hbond substituents is 2. The van der Waals surface area contributed by atoms with Crippen LogP contribution >= 0.6 is 23.2 Å². The highest BCUT2D eigenvalue weighted by Crippen LogP contribution is 2.40. The van der Waals surface area contributed by atoms with Crippen LogP contribution in [0.15, 0.2) is 272 Å². The summed E-state index contributed by atoms with van der Waals surface area (Å²) >= 11 is 11.8. The maximum Gasteiger partial charge on any atom is 0.424 e. The molecule has 29 nitrogen and oxygen atoms in total. The van der Waals surface area contributed by atoms with Crippen molar-refractivity contribution in [2.24, 2.45) is 0 Å². The molecule has 116 heavy (non-hydrogen) atoms. The number of phenols is 2. The Balaban J connectivity index is 0.000000148. The summed E-state index contributed by atoms with van der Waals surface area (Å²) in [5.41, 5.74) is 8.06. The van der Waals surface area contributed by atoms with Gasteiger partial charge in [0.25, 0.3) is 78.0 Å². The molecule has 0 saturated carbocycles. The highest BCUT2D eigenvalue weighted by Gasteiger charge is 2.35. The van der Waals surface area contributed by atoms with Crippen molar-refractivity contribution in [1.29, 1.82) is 0 Å². The number of Topliss-reactive ketones (excluding diaryl/α,β-unsaturated/α-hetero) is 1. The minimum atomic E-state index is -4.72. The van der Waals surface area contributed by atoms with E-state index in [1.54, 1.807) is 4.74 Å². The maximum absolute atomic E-state index is 13.1. The number of aryl methyl sites for hydroxylation is 1. The van der Waals surface area contributed by atoms with Gasteiger partial charge in [0.2, 0.25) is 0 Å². The van der Waals surface area contributed by atoms with Gasteiger partial charge in [-0.25, -0.2) is 0 Å². The number of fused-ring (bicyclic) bond motifs is 2. The Hall–Kier alpha value is -10.6. The largest absolute Gasteiger partial charge is 0.638 e. The maximum atomic E-state index is 13.1. The number of carbonyl (C=O) groups is 1.